The lowest BCUT2D eigenvalue weighted by atomic mass is 10.2. The standard InChI is InChI=1S/C9H7F3N2O/c10-9(11,12)6-2-1-5-14-7(6)3-4-8(13)15/h1-5H,(H2,13,15). The lowest BCUT2D eigenvalue weighted by Crippen LogP contribution is -2.09. The number of nitrogens with two attached hydrogens (primary N) is 1. The normalized spacial score (nSPS) is 11.9. The van der Waals surface area contributed by atoms with Crippen molar-refractivity contribution in [1.82, 2.24) is 4.98 Å². The minimum absolute atomic E-state index is 0.330. The third kappa shape index (κ3) is 3.08. The summed E-state index contributed by atoms with van der Waals surface area (Å²) in [6.45, 7) is 0. The number of hydrogen-bond acceptors (Lipinski definition) is 2. The van der Waals surface area contributed by atoms with Crippen LogP contribution < -0.4 is 5.73 Å². The number of nitrogens with zero attached hydrogens (tertiary/aromatic N) is 1. The summed E-state index contributed by atoms with van der Waals surface area (Å²) in [4.78, 5) is 13.9. The molecule has 0 fully saturated rings. The van der Waals surface area contributed by atoms with Crippen LogP contribution in [0, 0.1) is 0 Å². The second-order valence-electron chi connectivity index (χ2n) is 2.67. The Balaban J connectivity index is 3.13. The SMILES string of the molecule is NC(=O)C=Cc1ncccc1C(F)(F)F. The Bertz CT molecular complexity index is 399. The third-order valence-electron chi connectivity index (χ3n) is 1.55. The van der Waals surface area contributed by atoms with E-state index in [9.17, 15) is 18.0 Å². The highest BCUT2D eigenvalue weighted by Gasteiger charge is 2.33. The van der Waals surface area contributed by atoms with Crippen LogP contribution in [0.2, 0.25) is 0 Å². The zero-order valence-electron chi connectivity index (χ0n) is 7.45. The molecule has 0 aromatic carbocycles. The number of aromatic nitrogens is 1. The average Bonchev–Trinajstić information content (AvgIpc) is 2.13. The number of alkyl halides is 3. The number of pyridine rings is 1. The summed E-state index contributed by atoms with van der Waals surface area (Å²) in [5, 5.41) is 0. The van der Waals surface area contributed by atoms with Gasteiger partial charge in [0.25, 0.3) is 0 Å². The second kappa shape index (κ2) is 4.12. The number of rotatable bonds is 2. The van der Waals surface area contributed by atoms with Crippen LogP contribution in [0.15, 0.2) is 24.4 Å². The zero-order chi connectivity index (χ0) is 11.5. The molecule has 1 heterocycles. The molecule has 0 aliphatic rings. The Labute approximate surface area is 83.4 Å². The second-order valence-corrected chi connectivity index (χ2v) is 2.67. The Hall–Kier alpha value is -1.85. The molecule has 0 bridgehead atoms. The summed E-state index contributed by atoms with van der Waals surface area (Å²) in [5.41, 5.74) is 3.53. The van der Waals surface area contributed by atoms with Crippen LogP contribution in [0.5, 0.6) is 0 Å². The summed E-state index contributed by atoms with van der Waals surface area (Å²) in [6.07, 6.45) is -1.52. The lowest BCUT2D eigenvalue weighted by molar-refractivity contribution is -0.138. The molecule has 1 aromatic rings. The Morgan fingerprint density at radius 3 is 2.67 bits per heavy atom. The lowest BCUT2D eigenvalue weighted by Gasteiger charge is -2.08. The number of halogens is 3. The summed E-state index contributed by atoms with van der Waals surface area (Å²) in [6, 6.07) is 2.05. The van der Waals surface area contributed by atoms with Crippen LogP contribution in [0.4, 0.5) is 13.2 Å². The molecule has 2 N–H and O–H groups in total. The summed E-state index contributed by atoms with van der Waals surface area (Å²) >= 11 is 0. The average molecular weight is 216 g/mol. The highest BCUT2D eigenvalue weighted by molar-refractivity contribution is 5.90. The minimum atomic E-state index is -4.49. The molecule has 0 aliphatic heterocycles. The van der Waals surface area contributed by atoms with Gasteiger partial charge in [-0.3, -0.25) is 9.78 Å². The topological polar surface area (TPSA) is 56.0 Å². The molecule has 0 spiro atoms. The van der Waals surface area contributed by atoms with Gasteiger partial charge in [-0.15, -0.1) is 0 Å². The van der Waals surface area contributed by atoms with E-state index in [1.54, 1.807) is 0 Å². The Morgan fingerprint density at radius 2 is 2.13 bits per heavy atom. The van der Waals surface area contributed by atoms with Gasteiger partial charge in [-0.05, 0) is 18.2 Å². The molecule has 0 saturated carbocycles. The van der Waals surface area contributed by atoms with Crippen molar-refractivity contribution in [3.63, 3.8) is 0 Å². The van der Waals surface area contributed by atoms with E-state index < -0.39 is 17.6 Å². The first kappa shape index (κ1) is 11.2. The van der Waals surface area contributed by atoms with Crippen LogP contribution in [0.25, 0.3) is 6.08 Å². The van der Waals surface area contributed by atoms with E-state index in [0.29, 0.717) is 0 Å². The van der Waals surface area contributed by atoms with Gasteiger partial charge in [0.15, 0.2) is 0 Å². The summed E-state index contributed by atoms with van der Waals surface area (Å²) in [5.74, 6) is -0.825. The molecule has 80 valence electrons. The van der Waals surface area contributed by atoms with E-state index in [4.69, 9.17) is 5.73 Å². The Kier molecular flexibility index (Phi) is 3.08. The minimum Gasteiger partial charge on any atom is -0.366 e. The van der Waals surface area contributed by atoms with E-state index in [1.165, 1.54) is 12.3 Å². The maximum Gasteiger partial charge on any atom is 0.418 e. The van der Waals surface area contributed by atoms with Gasteiger partial charge in [0.2, 0.25) is 5.91 Å². The first-order valence-electron chi connectivity index (χ1n) is 3.91. The molecular formula is C9H7F3N2O. The smallest absolute Gasteiger partial charge is 0.366 e. The van der Waals surface area contributed by atoms with Gasteiger partial charge in [0.1, 0.15) is 0 Å². The zero-order valence-corrected chi connectivity index (χ0v) is 7.45. The fourth-order valence-electron chi connectivity index (χ4n) is 0.951. The molecule has 1 rings (SSSR count). The van der Waals surface area contributed by atoms with Gasteiger partial charge in [0.05, 0.1) is 11.3 Å². The third-order valence-corrected chi connectivity index (χ3v) is 1.55. The monoisotopic (exact) mass is 216 g/mol. The van der Waals surface area contributed by atoms with Gasteiger partial charge in [-0.2, -0.15) is 13.2 Å². The maximum atomic E-state index is 12.4. The van der Waals surface area contributed by atoms with Gasteiger partial charge in [-0.1, -0.05) is 0 Å². The van der Waals surface area contributed by atoms with Crippen LogP contribution in [-0.2, 0) is 11.0 Å². The van der Waals surface area contributed by atoms with E-state index in [2.05, 4.69) is 4.98 Å². The van der Waals surface area contributed by atoms with Crippen molar-refractivity contribution in [3.8, 4) is 0 Å². The van der Waals surface area contributed by atoms with Crippen LogP contribution in [0.3, 0.4) is 0 Å². The van der Waals surface area contributed by atoms with Crippen LogP contribution >= 0.6 is 0 Å². The summed E-state index contributed by atoms with van der Waals surface area (Å²) in [7, 11) is 0. The molecule has 3 nitrogen and oxygen atoms in total. The predicted octanol–water partition coefficient (Wildman–Crippen LogP) is 1.60. The highest BCUT2D eigenvalue weighted by atomic mass is 19.4. The number of carbonyl (C=O) groups is 1. The Morgan fingerprint density at radius 1 is 1.47 bits per heavy atom. The van der Waals surface area contributed by atoms with E-state index >= 15 is 0 Å². The first-order valence-corrected chi connectivity index (χ1v) is 3.91. The number of primary amides is 1. The molecule has 0 saturated heterocycles. The van der Waals surface area contributed by atoms with Gasteiger partial charge >= 0.3 is 6.18 Å². The van der Waals surface area contributed by atoms with Crippen molar-refractivity contribution in [1.29, 1.82) is 0 Å². The van der Waals surface area contributed by atoms with Crippen molar-refractivity contribution in [2.45, 2.75) is 6.18 Å². The molecule has 0 atom stereocenters. The molecule has 0 radical (unpaired) electrons. The number of amides is 1. The van der Waals surface area contributed by atoms with Gasteiger partial charge in [-0.25, -0.2) is 0 Å². The maximum absolute atomic E-state index is 12.4. The van der Waals surface area contributed by atoms with Crippen LogP contribution in [0.1, 0.15) is 11.3 Å². The molecule has 0 unspecified atom stereocenters. The van der Waals surface area contributed by atoms with Crippen molar-refractivity contribution in [2.75, 3.05) is 0 Å². The number of hydrogen-bond donors (Lipinski definition) is 1. The van der Waals surface area contributed by atoms with Crippen LogP contribution in [-0.4, -0.2) is 10.9 Å². The largest absolute Gasteiger partial charge is 0.418 e. The molecule has 15 heavy (non-hydrogen) atoms. The fourth-order valence-corrected chi connectivity index (χ4v) is 0.951. The van der Waals surface area contributed by atoms with Crippen molar-refractivity contribution in [2.24, 2.45) is 5.73 Å². The van der Waals surface area contributed by atoms with E-state index in [0.717, 1.165) is 18.2 Å². The van der Waals surface area contributed by atoms with Crippen molar-refractivity contribution < 1.29 is 18.0 Å². The first-order chi connectivity index (χ1) is 6.91. The van der Waals surface area contributed by atoms with E-state index in [-0.39, 0.29) is 5.69 Å². The molecule has 1 amide bonds. The van der Waals surface area contributed by atoms with Crippen molar-refractivity contribution >= 4 is 12.0 Å². The predicted molar refractivity (Wildman–Crippen MR) is 47.5 cm³/mol. The number of carbonyl (C=O) groups excluding carboxylic acids is 1. The van der Waals surface area contributed by atoms with Gasteiger partial charge in [0, 0.05) is 12.3 Å². The van der Waals surface area contributed by atoms with Crippen molar-refractivity contribution in [3.05, 3.63) is 35.7 Å². The molecule has 0 aliphatic carbocycles. The molecule has 6 heteroatoms. The van der Waals surface area contributed by atoms with E-state index in [1.807, 2.05) is 0 Å². The van der Waals surface area contributed by atoms with Gasteiger partial charge < -0.3 is 5.73 Å². The summed E-state index contributed by atoms with van der Waals surface area (Å²) < 4.78 is 37.1. The highest BCUT2D eigenvalue weighted by Crippen LogP contribution is 2.31. The molecular weight excluding hydrogens is 209 g/mol. The molecule has 1 aromatic heterocycles. The fraction of sp³-hybridized carbons (Fsp3) is 0.111. The quantitative estimate of drug-likeness (QED) is 0.763.